The highest BCUT2D eigenvalue weighted by Crippen LogP contribution is 2.33. The molecule has 3 aromatic rings. The average molecular weight is 404 g/mol. The maximum atomic E-state index is 11.8. The van der Waals surface area contributed by atoms with Crippen LogP contribution in [0.5, 0.6) is 23.0 Å². The molecular weight excluding hydrogens is 380 g/mol. The van der Waals surface area contributed by atoms with Gasteiger partial charge < -0.3 is 18.9 Å². The normalized spacial score (nSPS) is 11.0. The molecule has 0 aromatic heterocycles. The van der Waals surface area contributed by atoms with Gasteiger partial charge >= 0.3 is 0 Å². The first-order chi connectivity index (χ1) is 14.7. The molecule has 0 radical (unpaired) electrons. The van der Waals surface area contributed by atoms with E-state index in [1.165, 1.54) is 0 Å². The van der Waals surface area contributed by atoms with E-state index < -0.39 is 0 Å². The molecular formula is C25H24O5. The average Bonchev–Trinajstić information content (AvgIpc) is 2.81. The van der Waals surface area contributed by atoms with E-state index in [1.54, 1.807) is 39.5 Å². The molecule has 0 saturated carbocycles. The number of allylic oxidation sites excluding steroid dienone is 1. The summed E-state index contributed by atoms with van der Waals surface area (Å²) >= 11 is 0. The van der Waals surface area contributed by atoms with Crippen molar-refractivity contribution in [1.29, 1.82) is 0 Å². The van der Waals surface area contributed by atoms with Crippen molar-refractivity contribution in [2.24, 2.45) is 0 Å². The number of carbonyl (C=O) groups excluding carboxylic acids is 1. The van der Waals surface area contributed by atoms with Crippen LogP contribution in [-0.2, 0) is 11.4 Å². The molecule has 0 fully saturated rings. The van der Waals surface area contributed by atoms with Crippen LogP contribution in [-0.4, -0.2) is 27.6 Å². The van der Waals surface area contributed by atoms with Gasteiger partial charge in [-0.1, -0.05) is 42.5 Å². The highest BCUT2D eigenvalue weighted by atomic mass is 16.5. The first kappa shape index (κ1) is 21.0. The molecule has 0 aliphatic heterocycles. The van der Waals surface area contributed by atoms with Crippen molar-refractivity contribution >= 4 is 17.9 Å². The first-order valence-corrected chi connectivity index (χ1v) is 9.42. The van der Waals surface area contributed by atoms with Gasteiger partial charge in [0.25, 0.3) is 0 Å². The Morgan fingerprint density at radius 1 is 0.767 bits per heavy atom. The zero-order valence-corrected chi connectivity index (χ0v) is 17.3. The Labute approximate surface area is 176 Å². The second-order valence-electron chi connectivity index (χ2n) is 6.47. The van der Waals surface area contributed by atoms with E-state index >= 15 is 0 Å². The lowest BCUT2D eigenvalue weighted by molar-refractivity contribution is -0.103. The van der Waals surface area contributed by atoms with Crippen molar-refractivity contribution in [3.8, 4) is 23.0 Å². The minimum Gasteiger partial charge on any atom is -0.493 e. The molecule has 0 N–H and O–H groups in total. The van der Waals surface area contributed by atoms with Gasteiger partial charge in [-0.2, -0.15) is 0 Å². The summed E-state index contributed by atoms with van der Waals surface area (Å²) in [5.74, 6) is 2.39. The highest BCUT2D eigenvalue weighted by molar-refractivity contribution is 6.13. The Hall–Kier alpha value is -3.73. The summed E-state index contributed by atoms with van der Waals surface area (Å²) in [7, 11) is 4.74. The van der Waals surface area contributed by atoms with Crippen LogP contribution in [0.4, 0.5) is 0 Å². The molecule has 5 heteroatoms. The number of methoxy groups -OCH3 is 3. The largest absolute Gasteiger partial charge is 0.493 e. The number of carbonyl (C=O) groups is 1. The third-order valence-electron chi connectivity index (χ3n) is 4.59. The molecule has 3 rings (SSSR count). The Balaban J connectivity index is 1.90. The molecule has 0 spiro atoms. The van der Waals surface area contributed by atoms with Crippen LogP contribution >= 0.6 is 0 Å². The molecule has 3 aromatic carbocycles. The van der Waals surface area contributed by atoms with Gasteiger partial charge in [-0.05, 0) is 47.0 Å². The monoisotopic (exact) mass is 404 g/mol. The molecule has 0 heterocycles. The molecule has 0 atom stereocenters. The molecule has 0 bridgehead atoms. The van der Waals surface area contributed by atoms with E-state index in [1.807, 2.05) is 54.6 Å². The van der Waals surface area contributed by atoms with Crippen LogP contribution < -0.4 is 18.9 Å². The highest BCUT2D eigenvalue weighted by Gasteiger charge is 2.10. The quantitative estimate of drug-likeness (QED) is 0.284. The number of ether oxygens (including phenoxy) is 4. The summed E-state index contributed by atoms with van der Waals surface area (Å²) in [4.78, 5) is 11.8. The lowest BCUT2D eigenvalue weighted by Gasteiger charge is -2.13. The van der Waals surface area contributed by atoms with E-state index in [9.17, 15) is 4.79 Å². The van der Waals surface area contributed by atoms with Crippen LogP contribution in [0.2, 0.25) is 0 Å². The lowest BCUT2D eigenvalue weighted by atomic mass is 10.0. The Morgan fingerprint density at radius 2 is 1.43 bits per heavy atom. The number of hydrogen-bond acceptors (Lipinski definition) is 5. The second-order valence-corrected chi connectivity index (χ2v) is 6.47. The SMILES string of the molecule is COc1ccc(C=C(C=O)c2ccc(OC)c(OCc3ccccc3)c2)cc1OC. The van der Waals surface area contributed by atoms with Gasteiger partial charge in [0, 0.05) is 5.57 Å². The molecule has 154 valence electrons. The fourth-order valence-corrected chi connectivity index (χ4v) is 3.01. The Bertz CT molecular complexity index is 1020. The summed E-state index contributed by atoms with van der Waals surface area (Å²) in [5, 5.41) is 0. The van der Waals surface area contributed by atoms with Crippen LogP contribution in [0.1, 0.15) is 16.7 Å². The van der Waals surface area contributed by atoms with Gasteiger partial charge in [0.1, 0.15) is 6.61 Å². The van der Waals surface area contributed by atoms with E-state index in [0.717, 1.165) is 23.0 Å². The summed E-state index contributed by atoms with van der Waals surface area (Å²) in [6, 6.07) is 20.8. The fraction of sp³-hybridized carbons (Fsp3) is 0.160. The van der Waals surface area contributed by atoms with Gasteiger partial charge in [-0.25, -0.2) is 0 Å². The van der Waals surface area contributed by atoms with Crippen molar-refractivity contribution in [3.63, 3.8) is 0 Å². The van der Waals surface area contributed by atoms with E-state index in [0.29, 0.717) is 35.2 Å². The predicted octanol–water partition coefficient (Wildman–Crippen LogP) is 5.03. The molecule has 0 unspecified atom stereocenters. The maximum absolute atomic E-state index is 11.8. The third kappa shape index (κ3) is 5.00. The van der Waals surface area contributed by atoms with Crippen LogP contribution in [0.15, 0.2) is 66.7 Å². The van der Waals surface area contributed by atoms with Crippen LogP contribution in [0, 0.1) is 0 Å². The third-order valence-corrected chi connectivity index (χ3v) is 4.59. The molecule has 0 saturated heterocycles. The van der Waals surface area contributed by atoms with Crippen molar-refractivity contribution in [2.75, 3.05) is 21.3 Å². The van der Waals surface area contributed by atoms with E-state index in [4.69, 9.17) is 18.9 Å². The first-order valence-electron chi connectivity index (χ1n) is 9.42. The Kier molecular flexibility index (Phi) is 7.11. The topological polar surface area (TPSA) is 54.0 Å². The van der Waals surface area contributed by atoms with Gasteiger partial charge in [-0.15, -0.1) is 0 Å². The number of hydrogen-bond donors (Lipinski definition) is 0. The minimum atomic E-state index is 0.399. The summed E-state index contributed by atoms with van der Waals surface area (Å²) in [6.07, 6.45) is 2.61. The van der Waals surface area contributed by atoms with Crippen molar-refractivity contribution < 1.29 is 23.7 Å². The molecule has 0 aliphatic carbocycles. The predicted molar refractivity (Wildman–Crippen MR) is 117 cm³/mol. The zero-order chi connectivity index (χ0) is 21.3. The minimum absolute atomic E-state index is 0.399. The van der Waals surface area contributed by atoms with Crippen molar-refractivity contribution in [1.82, 2.24) is 0 Å². The van der Waals surface area contributed by atoms with Gasteiger partial charge in [-0.3, -0.25) is 4.79 Å². The molecule has 5 nitrogen and oxygen atoms in total. The van der Waals surface area contributed by atoms with Crippen molar-refractivity contribution in [3.05, 3.63) is 83.4 Å². The smallest absolute Gasteiger partial charge is 0.162 e. The van der Waals surface area contributed by atoms with Gasteiger partial charge in [0.05, 0.1) is 21.3 Å². The molecule has 30 heavy (non-hydrogen) atoms. The molecule has 0 aliphatic rings. The zero-order valence-electron chi connectivity index (χ0n) is 17.3. The van der Waals surface area contributed by atoms with Crippen LogP contribution in [0.3, 0.4) is 0 Å². The number of rotatable bonds is 9. The van der Waals surface area contributed by atoms with Crippen molar-refractivity contribution in [2.45, 2.75) is 6.61 Å². The fourth-order valence-electron chi connectivity index (χ4n) is 3.01. The summed E-state index contributed by atoms with van der Waals surface area (Å²) < 4.78 is 22.0. The standard InChI is InChI=1S/C25H24O5/c1-27-22-11-9-19(14-24(22)29-3)13-21(16-26)20-10-12-23(28-2)25(15-20)30-17-18-7-5-4-6-8-18/h4-16H,17H2,1-3H3. The van der Waals surface area contributed by atoms with Gasteiger partial charge in [0.2, 0.25) is 0 Å². The van der Waals surface area contributed by atoms with Crippen LogP contribution in [0.25, 0.3) is 11.6 Å². The number of aldehydes is 1. The Morgan fingerprint density at radius 3 is 2.10 bits per heavy atom. The second kappa shape index (κ2) is 10.2. The number of benzene rings is 3. The maximum Gasteiger partial charge on any atom is 0.162 e. The van der Waals surface area contributed by atoms with E-state index in [-0.39, 0.29) is 0 Å². The summed E-state index contributed by atoms with van der Waals surface area (Å²) in [5.41, 5.74) is 3.09. The summed E-state index contributed by atoms with van der Waals surface area (Å²) in [6.45, 7) is 0.399. The van der Waals surface area contributed by atoms with Gasteiger partial charge in [0.15, 0.2) is 29.3 Å². The molecule has 0 amide bonds. The lowest BCUT2D eigenvalue weighted by Crippen LogP contribution is -1.99. The van der Waals surface area contributed by atoms with E-state index in [2.05, 4.69) is 0 Å².